The highest BCUT2D eigenvalue weighted by molar-refractivity contribution is 6.41. The number of halogens is 3. The van der Waals surface area contributed by atoms with Crippen LogP contribution in [0.15, 0.2) is 30.3 Å². The Morgan fingerprint density at radius 1 is 1.05 bits per heavy atom. The van der Waals surface area contributed by atoms with Crippen LogP contribution in [-0.2, 0) is 6.54 Å². The molecule has 0 aromatic heterocycles. The van der Waals surface area contributed by atoms with Gasteiger partial charge in [0.15, 0.2) is 0 Å². The highest BCUT2D eigenvalue weighted by atomic mass is 35.5. The van der Waals surface area contributed by atoms with Gasteiger partial charge < -0.3 is 10.5 Å². The SMILES string of the molecule is COc1ccc(-c2c(Cl)cc(Cl)cc2Cl)cc1CN. The van der Waals surface area contributed by atoms with Gasteiger partial charge in [-0.15, -0.1) is 0 Å². The van der Waals surface area contributed by atoms with E-state index in [1.807, 2.05) is 18.2 Å². The summed E-state index contributed by atoms with van der Waals surface area (Å²) in [7, 11) is 1.61. The molecule has 0 radical (unpaired) electrons. The number of rotatable bonds is 3. The third-order valence-electron chi connectivity index (χ3n) is 2.80. The standard InChI is InChI=1S/C14H12Cl3NO/c1-19-13-3-2-8(4-9(13)7-18)14-11(16)5-10(15)6-12(14)17/h2-6H,7,18H2,1H3. The van der Waals surface area contributed by atoms with Crippen LogP contribution < -0.4 is 10.5 Å². The van der Waals surface area contributed by atoms with E-state index in [9.17, 15) is 0 Å². The van der Waals surface area contributed by atoms with Gasteiger partial charge in [0.25, 0.3) is 0 Å². The number of nitrogens with two attached hydrogens (primary N) is 1. The molecular formula is C14H12Cl3NO. The zero-order chi connectivity index (χ0) is 14.0. The Morgan fingerprint density at radius 3 is 2.21 bits per heavy atom. The minimum absolute atomic E-state index is 0.375. The molecule has 0 amide bonds. The summed E-state index contributed by atoms with van der Waals surface area (Å²) in [6.45, 7) is 0.375. The Labute approximate surface area is 127 Å². The van der Waals surface area contributed by atoms with E-state index >= 15 is 0 Å². The topological polar surface area (TPSA) is 35.2 Å². The largest absolute Gasteiger partial charge is 0.496 e. The monoisotopic (exact) mass is 315 g/mol. The maximum atomic E-state index is 6.21. The quantitative estimate of drug-likeness (QED) is 0.884. The number of hydrogen-bond donors (Lipinski definition) is 1. The lowest BCUT2D eigenvalue weighted by Crippen LogP contribution is -2.00. The molecule has 0 aliphatic heterocycles. The summed E-state index contributed by atoms with van der Waals surface area (Å²) in [5.41, 5.74) is 8.22. The molecule has 0 saturated carbocycles. The third-order valence-corrected chi connectivity index (χ3v) is 3.61. The molecule has 19 heavy (non-hydrogen) atoms. The molecule has 0 spiro atoms. The van der Waals surface area contributed by atoms with Crippen LogP contribution in [0.5, 0.6) is 5.75 Å². The molecule has 2 aromatic carbocycles. The van der Waals surface area contributed by atoms with Gasteiger partial charge >= 0.3 is 0 Å². The molecule has 0 unspecified atom stereocenters. The van der Waals surface area contributed by atoms with E-state index in [-0.39, 0.29) is 0 Å². The van der Waals surface area contributed by atoms with Crippen LogP contribution in [0.1, 0.15) is 5.56 Å². The molecule has 0 bridgehead atoms. The van der Waals surface area contributed by atoms with Crippen molar-refractivity contribution < 1.29 is 4.74 Å². The fourth-order valence-corrected chi connectivity index (χ4v) is 2.95. The second-order valence-electron chi connectivity index (χ2n) is 3.98. The predicted molar refractivity (Wildman–Crippen MR) is 81.4 cm³/mol. The van der Waals surface area contributed by atoms with Gasteiger partial charge in [-0.25, -0.2) is 0 Å². The van der Waals surface area contributed by atoms with Crippen LogP contribution in [-0.4, -0.2) is 7.11 Å². The van der Waals surface area contributed by atoms with Crippen LogP contribution in [0.4, 0.5) is 0 Å². The van der Waals surface area contributed by atoms with Crippen molar-refractivity contribution in [3.8, 4) is 16.9 Å². The van der Waals surface area contributed by atoms with Crippen molar-refractivity contribution in [2.75, 3.05) is 7.11 Å². The molecule has 0 atom stereocenters. The first-order valence-electron chi connectivity index (χ1n) is 5.58. The van der Waals surface area contributed by atoms with E-state index in [1.54, 1.807) is 19.2 Å². The Bertz CT molecular complexity index is 591. The molecule has 2 rings (SSSR count). The molecule has 100 valence electrons. The second kappa shape index (κ2) is 6.02. The molecule has 0 heterocycles. The van der Waals surface area contributed by atoms with Crippen molar-refractivity contribution >= 4 is 34.8 Å². The van der Waals surface area contributed by atoms with E-state index in [0.29, 0.717) is 21.6 Å². The first kappa shape index (κ1) is 14.5. The maximum absolute atomic E-state index is 6.21. The lowest BCUT2D eigenvalue weighted by atomic mass is 10.0. The summed E-state index contributed by atoms with van der Waals surface area (Å²) in [6, 6.07) is 8.98. The molecule has 2 N–H and O–H groups in total. The van der Waals surface area contributed by atoms with Crippen molar-refractivity contribution in [3.63, 3.8) is 0 Å². The Hall–Kier alpha value is -0.930. The average Bonchev–Trinajstić information content (AvgIpc) is 2.37. The maximum Gasteiger partial charge on any atom is 0.123 e. The molecule has 0 saturated heterocycles. The Kier molecular flexibility index (Phi) is 4.58. The highest BCUT2D eigenvalue weighted by Crippen LogP contribution is 2.38. The average molecular weight is 317 g/mol. The normalized spacial score (nSPS) is 10.6. The predicted octanol–water partition coefficient (Wildman–Crippen LogP) is 4.78. The second-order valence-corrected chi connectivity index (χ2v) is 5.23. The molecule has 0 aliphatic carbocycles. The zero-order valence-corrected chi connectivity index (χ0v) is 12.5. The fraction of sp³-hybridized carbons (Fsp3) is 0.143. The summed E-state index contributed by atoms with van der Waals surface area (Å²) in [6.07, 6.45) is 0. The van der Waals surface area contributed by atoms with Gasteiger partial charge in [-0.05, 0) is 29.8 Å². The highest BCUT2D eigenvalue weighted by Gasteiger charge is 2.12. The number of ether oxygens (including phenoxy) is 1. The molecule has 5 heteroatoms. The Balaban J connectivity index is 2.59. The summed E-state index contributed by atoms with van der Waals surface area (Å²) < 4.78 is 5.24. The van der Waals surface area contributed by atoms with E-state index in [1.165, 1.54) is 0 Å². The third kappa shape index (κ3) is 2.98. The molecular weight excluding hydrogens is 305 g/mol. The van der Waals surface area contributed by atoms with Gasteiger partial charge in [-0.2, -0.15) is 0 Å². The van der Waals surface area contributed by atoms with Gasteiger partial charge in [-0.3, -0.25) is 0 Å². The van der Waals surface area contributed by atoms with Crippen LogP contribution in [0, 0.1) is 0 Å². The fourth-order valence-electron chi connectivity index (χ4n) is 1.91. The van der Waals surface area contributed by atoms with E-state index < -0.39 is 0 Å². The summed E-state index contributed by atoms with van der Waals surface area (Å²) in [5, 5.41) is 1.52. The molecule has 2 aromatic rings. The van der Waals surface area contributed by atoms with E-state index in [4.69, 9.17) is 45.3 Å². The van der Waals surface area contributed by atoms with Crippen LogP contribution in [0.2, 0.25) is 15.1 Å². The summed E-state index contributed by atoms with van der Waals surface area (Å²) >= 11 is 18.3. The van der Waals surface area contributed by atoms with Gasteiger partial charge in [-0.1, -0.05) is 40.9 Å². The minimum Gasteiger partial charge on any atom is -0.496 e. The van der Waals surface area contributed by atoms with Crippen LogP contribution in [0.3, 0.4) is 0 Å². The molecule has 2 nitrogen and oxygen atoms in total. The number of hydrogen-bond acceptors (Lipinski definition) is 2. The number of benzene rings is 2. The van der Waals surface area contributed by atoms with Gasteiger partial charge in [0.1, 0.15) is 5.75 Å². The van der Waals surface area contributed by atoms with E-state index in [0.717, 1.165) is 22.4 Å². The van der Waals surface area contributed by atoms with Crippen LogP contribution in [0.25, 0.3) is 11.1 Å². The van der Waals surface area contributed by atoms with Gasteiger partial charge in [0.2, 0.25) is 0 Å². The smallest absolute Gasteiger partial charge is 0.123 e. The molecule has 0 fully saturated rings. The van der Waals surface area contributed by atoms with Crippen molar-refractivity contribution in [2.45, 2.75) is 6.54 Å². The Morgan fingerprint density at radius 2 is 1.68 bits per heavy atom. The van der Waals surface area contributed by atoms with E-state index in [2.05, 4.69) is 0 Å². The van der Waals surface area contributed by atoms with Gasteiger partial charge in [0, 0.05) is 22.7 Å². The summed E-state index contributed by atoms with van der Waals surface area (Å²) in [5.74, 6) is 0.743. The number of methoxy groups -OCH3 is 1. The minimum atomic E-state index is 0.375. The van der Waals surface area contributed by atoms with Crippen molar-refractivity contribution in [2.24, 2.45) is 5.73 Å². The summed E-state index contributed by atoms with van der Waals surface area (Å²) in [4.78, 5) is 0. The van der Waals surface area contributed by atoms with Gasteiger partial charge in [0.05, 0.1) is 17.2 Å². The first-order chi connectivity index (χ1) is 9.06. The lowest BCUT2D eigenvalue weighted by Gasteiger charge is -2.12. The first-order valence-corrected chi connectivity index (χ1v) is 6.72. The van der Waals surface area contributed by atoms with Crippen molar-refractivity contribution in [3.05, 3.63) is 51.0 Å². The zero-order valence-electron chi connectivity index (χ0n) is 10.2. The lowest BCUT2D eigenvalue weighted by molar-refractivity contribution is 0.410. The molecule has 0 aliphatic rings. The van der Waals surface area contributed by atoms with Crippen molar-refractivity contribution in [1.82, 2.24) is 0 Å². The van der Waals surface area contributed by atoms with Crippen LogP contribution >= 0.6 is 34.8 Å². The van der Waals surface area contributed by atoms with Crippen molar-refractivity contribution in [1.29, 1.82) is 0 Å².